The summed E-state index contributed by atoms with van der Waals surface area (Å²) >= 11 is 0. The quantitative estimate of drug-likeness (QED) is 0.0252. The van der Waals surface area contributed by atoms with Gasteiger partial charge in [0.05, 0.1) is 38.2 Å². The fourth-order valence-corrected chi connectivity index (χ4v) is 6.43. The van der Waals surface area contributed by atoms with Crippen molar-refractivity contribution in [3.8, 4) is 11.5 Å². The summed E-state index contributed by atoms with van der Waals surface area (Å²) in [6.07, 6.45) is 1.15. The maximum Gasteiger partial charge on any atom is 0.367 e. The molecule has 0 heterocycles. The van der Waals surface area contributed by atoms with Gasteiger partial charge in [-0.25, -0.2) is 14.2 Å². The van der Waals surface area contributed by atoms with E-state index < -0.39 is 35.5 Å². The summed E-state index contributed by atoms with van der Waals surface area (Å²) in [4.78, 5) is 20.6. The minimum atomic E-state index is -3.31. The zero-order chi connectivity index (χ0) is 38.4. The standard InChI is InChI=1S/C14H23N2O6P.C13H20NO5P.C4H9NOSi/c1-4-21-23(19,22-5-2)10-20-13-8-6-7-12(9-13)11(3)16(18)14(15)17;1-4-18-20(16,19-5-2)10-17-13-8-6-7-12(9-13)11(3)14-15;1-7(2,3)5-4-6/h6-9,11,18H,4-5,10H2,1-3H3,(H2,15,17);6-9,15H,4-5,10H2,1-3H3;1-3H3/b;14-11+;. The smallest absolute Gasteiger partial charge is 0.367 e. The largest absolute Gasteiger partial charge is 0.481 e. The third kappa shape index (κ3) is 19.1. The molecule has 0 aliphatic carbocycles. The second-order valence-corrected chi connectivity index (χ2v) is 19.5. The highest BCUT2D eigenvalue weighted by Gasteiger charge is 2.26. The Kier molecular flexibility index (Phi) is 22.3. The number of nitrogens with zero attached hydrogens (tertiary/aromatic N) is 3. The van der Waals surface area contributed by atoms with E-state index in [1.807, 2.05) is 19.6 Å². The molecule has 0 aromatic heterocycles. The van der Waals surface area contributed by atoms with Gasteiger partial charge in [0.1, 0.15) is 11.5 Å². The van der Waals surface area contributed by atoms with Crippen LogP contribution in [0.3, 0.4) is 0 Å². The van der Waals surface area contributed by atoms with Crippen LogP contribution in [0.4, 0.5) is 4.79 Å². The van der Waals surface area contributed by atoms with Crippen molar-refractivity contribution in [3.05, 3.63) is 59.7 Å². The first-order valence-electron chi connectivity index (χ1n) is 15.7. The maximum atomic E-state index is 12.3. The molecule has 2 amide bonds. The molecule has 0 radical (unpaired) electrons. The predicted molar refractivity (Wildman–Crippen MR) is 193 cm³/mol. The van der Waals surface area contributed by atoms with E-state index in [1.54, 1.807) is 96.2 Å². The molecule has 2 rings (SSSR count). The highest BCUT2D eigenvalue weighted by Crippen LogP contribution is 2.48. The fraction of sp³-hybridized carbons (Fsp3) is 0.516. The van der Waals surface area contributed by atoms with Crippen molar-refractivity contribution in [2.24, 2.45) is 15.5 Å². The summed E-state index contributed by atoms with van der Waals surface area (Å²) in [6, 6.07) is 12.0. The molecule has 0 saturated carbocycles. The van der Waals surface area contributed by atoms with Gasteiger partial charge in [-0.2, -0.15) is 5.06 Å². The predicted octanol–water partition coefficient (Wildman–Crippen LogP) is 7.76. The molecule has 0 spiro atoms. The number of rotatable bonds is 18. The monoisotopic (exact) mass is 762 g/mol. The Morgan fingerprint density at radius 1 is 0.880 bits per heavy atom. The van der Waals surface area contributed by atoms with E-state index in [-0.39, 0.29) is 39.1 Å². The lowest BCUT2D eigenvalue weighted by atomic mass is 10.1. The molecule has 0 fully saturated rings. The molecule has 50 heavy (non-hydrogen) atoms. The first kappa shape index (κ1) is 46.6. The molecule has 0 bridgehead atoms. The molecule has 0 saturated heterocycles. The Hall–Kier alpha value is -3.36. The fourth-order valence-electron chi connectivity index (χ4n) is 3.52. The molecule has 1 atom stereocenters. The zero-order valence-corrected chi connectivity index (χ0v) is 33.0. The number of oxime groups is 1. The highest BCUT2D eigenvalue weighted by atomic mass is 31.2. The summed E-state index contributed by atoms with van der Waals surface area (Å²) < 4.78 is 59.6. The maximum absolute atomic E-state index is 12.3. The van der Waals surface area contributed by atoms with Crippen molar-refractivity contribution < 1.29 is 56.7 Å². The van der Waals surface area contributed by atoms with Crippen LogP contribution in [-0.2, 0) is 32.0 Å². The molecule has 16 nitrogen and oxygen atoms in total. The lowest BCUT2D eigenvalue weighted by molar-refractivity contribution is -0.0710. The Bertz CT molecular complexity index is 1470. The number of benzene rings is 2. The topological polar surface area (TPSA) is 218 Å². The molecule has 19 heteroatoms. The molecule has 0 aliphatic rings. The molecular formula is C31H52N4O12P2Si. The van der Waals surface area contributed by atoms with Crippen molar-refractivity contribution in [2.75, 3.05) is 39.1 Å². The van der Waals surface area contributed by atoms with Crippen LogP contribution in [0.1, 0.15) is 58.7 Å². The SMILES string of the molecule is CCOP(=O)(COc1cccc(/C(C)=N/O)c1)OCC.CCOP(=O)(COc1cccc(C(C)N(O)C(N)=O)c1)OCC.C[Si](C)(C)N=C=O. The second kappa shape index (κ2) is 23.9. The number of urea groups is 1. The average Bonchev–Trinajstić information content (AvgIpc) is 3.06. The van der Waals surface area contributed by atoms with Crippen LogP contribution in [0, 0.1) is 0 Å². The van der Waals surface area contributed by atoms with Crippen LogP contribution in [-0.4, -0.2) is 80.7 Å². The van der Waals surface area contributed by atoms with Gasteiger partial charge in [0, 0.05) is 5.56 Å². The van der Waals surface area contributed by atoms with Gasteiger partial charge in [-0.1, -0.05) is 29.4 Å². The number of carbonyl (C=O) groups excluding carboxylic acids is 2. The second-order valence-electron chi connectivity index (χ2n) is 11.0. The number of hydroxylamine groups is 2. The number of hydrogen-bond acceptors (Lipinski definition) is 14. The Labute approximate surface area is 295 Å². The van der Waals surface area contributed by atoms with Crippen molar-refractivity contribution >= 4 is 41.2 Å². The average molecular weight is 763 g/mol. The van der Waals surface area contributed by atoms with Gasteiger partial charge in [0.2, 0.25) is 6.08 Å². The summed E-state index contributed by atoms with van der Waals surface area (Å²) in [5.41, 5.74) is 6.82. The molecule has 1 unspecified atom stereocenters. The molecule has 2 aromatic rings. The third-order valence-electron chi connectivity index (χ3n) is 5.80. The highest BCUT2D eigenvalue weighted by molar-refractivity contribution is 7.53. The number of hydrogen-bond donors (Lipinski definition) is 3. The molecule has 282 valence electrons. The Balaban J connectivity index is 0.000000812. The zero-order valence-electron chi connectivity index (χ0n) is 30.2. The lowest BCUT2D eigenvalue weighted by Crippen LogP contribution is -2.34. The van der Waals surface area contributed by atoms with Gasteiger partial charge in [0.25, 0.3) is 0 Å². The van der Waals surface area contributed by atoms with Gasteiger partial charge in [-0.3, -0.25) is 14.3 Å². The molecule has 4 N–H and O–H groups in total. The molecular weight excluding hydrogens is 710 g/mol. The van der Waals surface area contributed by atoms with Crippen molar-refractivity contribution in [3.63, 3.8) is 0 Å². The Morgan fingerprint density at radius 2 is 1.32 bits per heavy atom. The van der Waals surface area contributed by atoms with Crippen LogP contribution < -0.4 is 15.2 Å². The third-order valence-corrected chi connectivity index (χ3v) is 10.1. The van der Waals surface area contributed by atoms with E-state index >= 15 is 0 Å². The number of primary amides is 1. The first-order chi connectivity index (χ1) is 23.4. The van der Waals surface area contributed by atoms with E-state index in [1.165, 1.54) is 0 Å². The van der Waals surface area contributed by atoms with Gasteiger partial charge in [0.15, 0.2) is 20.9 Å². The number of ether oxygens (including phenoxy) is 2. The van der Waals surface area contributed by atoms with Gasteiger partial charge >= 0.3 is 21.2 Å². The number of nitrogens with two attached hydrogens (primary N) is 1. The minimum Gasteiger partial charge on any atom is -0.481 e. The molecule has 0 aliphatic heterocycles. The van der Waals surface area contributed by atoms with Crippen LogP contribution in [0.15, 0.2) is 58.3 Å². The minimum absolute atomic E-state index is 0.159. The summed E-state index contributed by atoms with van der Waals surface area (Å²) in [6.45, 7) is 17.2. The van der Waals surface area contributed by atoms with Gasteiger partial charge < -0.3 is 38.5 Å². The number of carbonyl (C=O) groups is 1. The van der Waals surface area contributed by atoms with E-state index in [2.05, 4.69) is 9.81 Å². The van der Waals surface area contributed by atoms with Crippen LogP contribution in [0.25, 0.3) is 0 Å². The van der Waals surface area contributed by atoms with E-state index in [9.17, 15) is 23.9 Å². The lowest BCUT2D eigenvalue weighted by Gasteiger charge is -2.21. The number of amides is 2. The van der Waals surface area contributed by atoms with Crippen molar-refractivity contribution in [1.29, 1.82) is 0 Å². The Morgan fingerprint density at radius 3 is 1.68 bits per heavy atom. The summed E-state index contributed by atoms with van der Waals surface area (Å²) in [5.74, 6) is 0.914. The van der Waals surface area contributed by atoms with E-state index in [0.717, 1.165) is 0 Å². The van der Waals surface area contributed by atoms with E-state index in [0.29, 0.717) is 33.4 Å². The van der Waals surface area contributed by atoms with E-state index in [4.69, 9.17) is 38.5 Å². The number of isocyanates is 1. The van der Waals surface area contributed by atoms with Crippen LogP contribution in [0.5, 0.6) is 11.5 Å². The van der Waals surface area contributed by atoms with Gasteiger partial charge in [-0.05, 0) is 91.0 Å². The van der Waals surface area contributed by atoms with Crippen LogP contribution >= 0.6 is 15.2 Å². The first-order valence-corrected chi connectivity index (χ1v) is 22.6. The van der Waals surface area contributed by atoms with Crippen molar-refractivity contribution in [2.45, 2.75) is 67.2 Å². The normalized spacial score (nSPS) is 12.2. The van der Waals surface area contributed by atoms with Gasteiger partial charge in [-0.15, -0.1) is 0 Å². The molecule has 2 aromatic carbocycles. The van der Waals surface area contributed by atoms with Crippen LogP contribution in [0.2, 0.25) is 19.6 Å². The van der Waals surface area contributed by atoms with Crippen molar-refractivity contribution in [1.82, 2.24) is 5.06 Å². The summed E-state index contributed by atoms with van der Waals surface area (Å²) in [5, 5.41) is 21.9. The summed E-state index contributed by atoms with van der Waals surface area (Å²) in [7, 11) is -8.00.